The highest BCUT2D eigenvalue weighted by molar-refractivity contribution is 14.1. The van der Waals surface area contributed by atoms with Gasteiger partial charge in [-0.2, -0.15) is 15.2 Å². The number of ether oxygens (including phenoxy) is 3. The summed E-state index contributed by atoms with van der Waals surface area (Å²) in [7, 11) is 0. The Labute approximate surface area is 436 Å². The van der Waals surface area contributed by atoms with E-state index in [1.165, 1.54) is 4.90 Å². The molecule has 13 nitrogen and oxygen atoms in total. The smallest absolute Gasteiger partial charge is 0.318 e. The third kappa shape index (κ3) is 11.1. The lowest BCUT2D eigenvalue weighted by atomic mass is 10.0. The molecule has 69 heavy (non-hydrogen) atoms. The van der Waals surface area contributed by atoms with E-state index in [-0.39, 0.29) is 30.9 Å². The second-order valence-corrected chi connectivity index (χ2v) is 20.7. The predicted octanol–water partition coefficient (Wildman–Crippen LogP) is 10.2. The van der Waals surface area contributed by atoms with E-state index in [2.05, 4.69) is 105 Å². The summed E-state index contributed by atoms with van der Waals surface area (Å²) >= 11 is 16.3. The fourth-order valence-electron chi connectivity index (χ4n) is 9.71. The number of likely N-dealkylation sites (tertiary alicyclic amines) is 1. The summed E-state index contributed by atoms with van der Waals surface area (Å²) in [5.74, 6) is -0.574. The molecule has 4 aliphatic heterocycles. The highest BCUT2D eigenvalue weighted by Gasteiger charge is 2.35. The number of amides is 2. The second-order valence-electron chi connectivity index (χ2n) is 17.4. The van der Waals surface area contributed by atoms with Gasteiger partial charge in [-0.05, 0) is 146 Å². The van der Waals surface area contributed by atoms with Crippen LogP contribution < -0.4 is 24.6 Å². The van der Waals surface area contributed by atoms with Gasteiger partial charge in [-0.1, -0.05) is 42.4 Å². The van der Waals surface area contributed by atoms with Crippen LogP contribution in [0.15, 0.2) is 88.1 Å². The van der Waals surface area contributed by atoms with E-state index < -0.39 is 17.8 Å². The Bertz CT molecular complexity index is 2860. The molecule has 0 spiro atoms. The summed E-state index contributed by atoms with van der Waals surface area (Å²) in [5.41, 5.74) is 6.03. The highest BCUT2D eigenvalue weighted by Crippen LogP contribution is 2.40. The third-order valence-corrected chi connectivity index (χ3v) is 15.2. The number of carbonyl (C=O) groups excluding carboxylic acids is 2. The number of nitrogens with one attached hydrogen (secondary N) is 1. The van der Waals surface area contributed by atoms with Crippen molar-refractivity contribution in [3.05, 3.63) is 119 Å². The first kappa shape index (κ1) is 49.2. The minimum absolute atomic E-state index is 0.0433. The van der Waals surface area contributed by atoms with Crippen molar-refractivity contribution in [1.82, 2.24) is 19.8 Å². The van der Waals surface area contributed by atoms with E-state index in [1.54, 1.807) is 0 Å². The van der Waals surface area contributed by atoms with Crippen LogP contribution >= 0.6 is 66.1 Å². The Kier molecular flexibility index (Phi) is 15.7. The molecule has 0 bridgehead atoms. The molecule has 0 radical (unpaired) electrons. The Balaban J connectivity index is 0.814. The zero-order valence-corrected chi connectivity index (χ0v) is 43.8. The molecule has 2 atom stereocenters. The molecule has 9 rings (SSSR count). The number of nitrogens with zero attached hydrogens (tertiary/aromatic N) is 7. The number of carbonyl (C=O) groups is 2. The van der Waals surface area contributed by atoms with Crippen molar-refractivity contribution in [3.8, 4) is 17.8 Å². The molecule has 1 aromatic heterocycles. The number of halogens is 5. The average molecular weight is 1200 g/mol. The number of aromatic nitrogens is 2. The van der Waals surface area contributed by atoms with Gasteiger partial charge in [0.2, 0.25) is 0 Å². The zero-order valence-electron chi connectivity index (χ0n) is 37.7. The molecule has 5 heterocycles. The molecular formula is C51H49Br2ClFIN8O5. The number of hydrogen-bond acceptors (Lipinski definition) is 11. The van der Waals surface area contributed by atoms with Crippen molar-refractivity contribution >= 4 is 117 Å². The summed E-state index contributed by atoms with van der Waals surface area (Å²) in [4.78, 5) is 43.8. The normalized spacial score (nSPS) is 18.6. The molecule has 4 aliphatic rings. The number of nitriles is 1. The lowest BCUT2D eigenvalue weighted by Crippen LogP contribution is -2.55. The monoisotopic (exact) mass is 1190 g/mol. The summed E-state index contributed by atoms with van der Waals surface area (Å²) < 4.78 is 35.3. The van der Waals surface area contributed by atoms with Gasteiger partial charge in [-0.15, -0.1) is 0 Å². The van der Waals surface area contributed by atoms with E-state index in [0.717, 1.165) is 95.2 Å². The summed E-state index contributed by atoms with van der Waals surface area (Å²) in [6, 6.07) is 24.0. The van der Waals surface area contributed by atoms with Gasteiger partial charge in [0.25, 0.3) is 11.8 Å². The average Bonchev–Trinajstić information content (AvgIpc) is 3.92. The van der Waals surface area contributed by atoms with E-state index in [0.29, 0.717) is 75.4 Å². The van der Waals surface area contributed by atoms with Crippen LogP contribution in [0.2, 0.25) is 5.02 Å². The van der Waals surface area contributed by atoms with Gasteiger partial charge in [0.1, 0.15) is 24.8 Å². The Morgan fingerprint density at radius 1 is 1.00 bits per heavy atom. The summed E-state index contributed by atoms with van der Waals surface area (Å²) in [5, 5.41) is 15.4. The molecule has 2 unspecified atom stereocenters. The van der Waals surface area contributed by atoms with Crippen LogP contribution in [0.3, 0.4) is 0 Å². The fraction of sp³-hybridized carbons (Fsp3) is 0.353. The maximum atomic E-state index is 14.1. The van der Waals surface area contributed by atoms with E-state index in [1.807, 2.05) is 54.6 Å². The van der Waals surface area contributed by atoms with E-state index in [4.69, 9.17) is 35.8 Å². The molecule has 0 saturated carbocycles. The highest BCUT2D eigenvalue weighted by atomic mass is 127. The van der Waals surface area contributed by atoms with Gasteiger partial charge in [0, 0.05) is 82.4 Å². The summed E-state index contributed by atoms with van der Waals surface area (Å²) in [6.45, 7) is 8.92. The quantitative estimate of drug-likeness (QED) is 0.0575. The third-order valence-electron chi connectivity index (χ3n) is 13.0. The largest absolute Gasteiger partial charge is 0.489 e. The molecule has 0 aliphatic carbocycles. The van der Waals surface area contributed by atoms with Crippen LogP contribution in [0.4, 0.5) is 21.6 Å². The van der Waals surface area contributed by atoms with Crippen molar-refractivity contribution in [2.45, 2.75) is 50.7 Å². The lowest BCUT2D eigenvalue weighted by molar-refractivity contribution is -0.131. The zero-order chi connectivity index (χ0) is 48.2. The van der Waals surface area contributed by atoms with Gasteiger partial charge in [0.15, 0.2) is 5.83 Å². The Morgan fingerprint density at radius 3 is 2.61 bits per heavy atom. The molecule has 2 fully saturated rings. The number of hydrogen-bond donors (Lipinski definition) is 1. The van der Waals surface area contributed by atoms with Crippen molar-refractivity contribution in [1.29, 1.82) is 5.26 Å². The minimum atomic E-state index is -1.04. The molecular weight excluding hydrogens is 1150 g/mol. The Morgan fingerprint density at radius 2 is 1.81 bits per heavy atom. The second kappa shape index (κ2) is 22.1. The molecule has 1 N–H and O–H groups in total. The van der Waals surface area contributed by atoms with Crippen molar-refractivity contribution < 1.29 is 28.2 Å². The van der Waals surface area contributed by atoms with Crippen LogP contribution in [-0.4, -0.2) is 109 Å². The number of anilines is 3. The van der Waals surface area contributed by atoms with Gasteiger partial charge in [0.05, 0.1) is 51.3 Å². The van der Waals surface area contributed by atoms with Crippen LogP contribution in [0.5, 0.6) is 11.8 Å². The predicted molar refractivity (Wildman–Crippen MR) is 282 cm³/mol. The van der Waals surface area contributed by atoms with Crippen molar-refractivity contribution in [2.24, 2.45) is 0 Å². The molecule has 358 valence electrons. The molecule has 5 aromatic rings. The number of benzene rings is 4. The molecule has 4 aromatic carbocycles. The van der Waals surface area contributed by atoms with Gasteiger partial charge in [-0.3, -0.25) is 14.5 Å². The van der Waals surface area contributed by atoms with Crippen LogP contribution in [0.1, 0.15) is 48.1 Å². The molecule has 18 heteroatoms. The SMILES string of the molecule is C=C(F)C(=O)N1CCN(c2nc(OCC3CCCN3CCCOCCOc3c(Br)cc(C=C4C(=O)Nc5ccc(I)cc54)cc3Br)nc3c2CCN(c2cccc4cccc(Cl)c24)C3)CC1CC#N. The minimum Gasteiger partial charge on any atom is -0.489 e. The van der Waals surface area contributed by atoms with Crippen LogP contribution in [0, 0.1) is 14.9 Å². The van der Waals surface area contributed by atoms with Crippen molar-refractivity contribution in [3.63, 3.8) is 0 Å². The topological polar surface area (TPSA) is 136 Å². The standard InChI is InChI=1S/C51H49Br2ClFIN8O5/c1-31(55)50(66)64-20-19-63(28-35(64)13-15-57)48-37-14-18-62(45-10-3-7-33-6-2-9-42(54)46(33)45)29-44(37)59-51(60-48)69-30-36-8-4-16-61(36)17-5-21-67-22-23-68-47-40(52)25-32(26-41(47)53)24-39-38-27-34(56)11-12-43(38)58-49(39)65/h2-3,6-7,9-12,24-27,35-36H,1,4-5,8,13-14,16-23,28-30H2,(H,58,65). The Hall–Kier alpha value is -4.84. The number of fused-ring (bicyclic) bond motifs is 3. The van der Waals surface area contributed by atoms with E-state index >= 15 is 0 Å². The van der Waals surface area contributed by atoms with Gasteiger partial charge >= 0.3 is 6.01 Å². The number of piperazine rings is 1. The van der Waals surface area contributed by atoms with Crippen LogP contribution in [-0.2, 0) is 27.3 Å². The maximum absolute atomic E-state index is 14.1. The van der Waals surface area contributed by atoms with E-state index in [9.17, 15) is 19.2 Å². The first-order valence-corrected chi connectivity index (χ1v) is 26.0. The van der Waals surface area contributed by atoms with Gasteiger partial charge < -0.3 is 34.2 Å². The summed E-state index contributed by atoms with van der Waals surface area (Å²) in [6.07, 6.45) is 5.44. The first-order valence-electron chi connectivity index (χ1n) is 22.9. The van der Waals surface area contributed by atoms with Crippen molar-refractivity contribution in [2.75, 3.05) is 80.8 Å². The van der Waals surface area contributed by atoms with Crippen LogP contribution in [0.25, 0.3) is 22.4 Å². The number of rotatable bonds is 16. The van der Waals surface area contributed by atoms with Gasteiger partial charge in [-0.25, -0.2) is 4.39 Å². The molecule has 2 saturated heterocycles. The fourth-order valence-corrected chi connectivity index (χ4v) is 11.9. The molecule has 2 amide bonds. The lowest BCUT2D eigenvalue weighted by Gasteiger charge is -2.42. The maximum Gasteiger partial charge on any atom is 0.318 e. The first-order chi connectivity index (χ1) is 33.4.